The van der Waals surface area contributed by atoms with Crippen LogP contribution in [0.2, 0.25) is 0 Å². The molecule has 4 amide bonds. The van der Waals surface area contributed by atoms with Gasteiger partial charge in [0.2, 0.25) is 15.7 Å². The van der Waals surface area contributed by atoms with Gasteiger partial charge >= 0.3 is 5.76 Å². The average Bonchev–Trinajstić information content (AvgIpc) is 0.781. The quantitative estimate of drug-likeness (QED) is 0.0575. The van der Waals surface area contributed by atoms with Crippen LogP contribution in [0.25, 0.3) is 0 Å². The molecule has 8 atom stereocenters. The molecule has 131 heavy (non-hydrogen) atoms. The summed E-state index contributed by atoms with van der Waals surface area (Å²) in [6, 6.07) is 35.7. The highest BCUT2D eigenvalue weighted by Crippen LogP contribution is 2.49. The molecular formula is C101H128F3N9O17S. The van der Waals surface area contributed by atoms with E-state index in [-0.39, 0.29) is 101 Å². The Morgan fingerprint density at radius 3 is 1.30 bits per heavy atom. The number of hydrogen-bond donors (Lipinski definition) is 0. The van der Waals surface area contributed by atoms with E-state index in [4.69, 9.17) is 59.0 Å². The predicted molar refractivity (Wildman–Crippen MR) is 487 cm³/mol. The van der Waals surface area contributed by atoms with Crippen molar-refractivity contribution in [1.29, 1.82) is 0 Å². The second-order valence-corrected chi connectivity index (χ2v) is 37.5. The number of methoxy groups -OCH3 is 1. The fraction of sp³-hybridized carbons (Fsp3) is 0.535. The molecule has 8 aromatic rings. The first-order valence-electron chi connectivity index (χ1n) is 48.3. The van der Waals surface area contributed by atoms with Crippen molar-refractivity contribution in [3.8, 4) is 17.4 Å². The average molecular weight is 1830 g/mol. The summed E-state index contributed by atoms with van der Waals surface area (Å²) in [6.45, 7) is 18.2. The number of aromatic nitrogens is 5. The topological polar surface area (TPSA) is 281 Å². The van der Waals surface area contributed by atoms with Gasteiger partial charge in [0.1, 0.15) is 18.0 Å². The van der Waals surface area contributed by atoms with Crippen molar-refractivity contribution in [3.63, 3.8) is 0 Å². The van der Waals surface area contributed by atoms with Gasteiger partial charge in [0, 0.05) is 194 Å². The van der Waals surface area contributed by atoms with Gasteiger partial charge in [0.15, 0.2) is 11.6 Å². The molecule has 8 aliphatic heterocycles. The van der Waals surface area contributed by atoms with Crippen LogP contribution in [0, 0.1) is 19.7 Å². The molecule has 3 aromatic carbocycles. The number of pyridine rings is 5. The number of para-hydroxylation sites is 1. The molecule has 8 fully saturated rings. The van der Waals surface area contributed by atoms with Crippen molar-refractivity contribution in [2.45, 2.75) is 266 Å². The molecule has 706 valence electrons. The Hall–Kier alpha value is -9.89. The highest BCUT2D eigenvalue weighted by molar-refractivity contribution is 7.91. The number of alkyl halides is 2. The number of aryl methyl sites for hydroxylation is 2. The van der Waals surface area contributed by atoms with Gasteiger partial charge in [-0.2, -0.15) is 8.78 Å². The fourth-order valence-electron chi connectivity index (χ4n) is 19.3. The Kier molecular flexibility index (Phi) is 31.6. The molecule has 4 spiro atoms. The van der Waals surface area contributed by atoms with Crippen molar-refractivity contribution in [2.24, 2.45) is 0 Å². The van der Waals surface area contributed by atoms with Gasteiger partial charge < -0.3 is 71.7 Å². The van der Waals surface area contributed by atoms with Crippen LogP contribution < -0.4 is 14.2 Å². The van der Waals surface area contributed by atoms with Gasteiger partial charge in [0.05, 0.1) is 108 Å². The highest BCUT2D eigenvalue weighted by Gasteiger charge is 2.51. The minimum Gasteiger partial charge on any atom is -0.493 e. The maximum absolute atomic E-state index is 14.0. The molecule has 8 aliphatic rings. The first kappa shape index (κ1) is 91.6. The third kappa shape index (κ3) is 25.2. The van der Waals surface area contributed by atoms with Crippen LogP contribution in [0.5, 0.6) is 17.4 Å². The lowest BCUT2D eigenvalue weighted by Crippen LogP contribution is -2.52. The van der Waals surface area contributed by atoms with E-state index >= 15 is 0 Å². The van der Waals surface area contributed by atoms with Gasteiger partial charge in [-0.05, 0) is 234 Å². The Bertz CT molecular complexity index is 5380. The van der Waals surface area contributed by atoms with Crippen LogP contribution in [0.3, 0.4) is 0 Å². The minimum absolute atomic E-state index is 0.00618. The van der Waals surface area contributed by atoms with E-state index in [1.54, 1.807) is 70.1 Å². The lowest BCUT2D eigenvalue weighted by molar-refractivity contribution is -0.192. The monoisotopic (exact) mass is 1830 g/mol. The van der Waals surface area contributed by atoms with Gasteiger partial charge in [-0.1, -0.05) is 30.3 Å². The summed E-state index contributed by atoms with van der Waals surface area (Å²) in [7, 11) is -3.32. The molecule has 16 rings (SSSR count). The Morgan fingerprint density at radius 2 is 0.901 bits per heavy atom. The number of sulfone groups is 1. The van der Waals surface area contributed by atoms with Crippen LogP contribution in [-0.2, 0) is 47.7 Å². The molecule has 0 bridgehead atoms. The summed E-state index contributed by atoms with van der Waals surface area (Å²) in [5.74, 6) is -3.24. The molecular weight excluding hydrogens is 1700 g/mol. The number of amides is 4. The maximum atomic E-state index is 14.0. The van der Waals surface area contributed by atoms with Crippen LogP contribution in [0.4, 0.5) is 13.2 Å². The number of ether oxygens (including phenoxy) is 11. The molecule has 13 heterocycles. The Labute approximate surface area is 775 Å². The maximum Gasteiger partial charge on any atom is 0.341 e. The van der Waals surface area contributed by atoms with Crippen LogP contribution >= 0.6 is 0 Å². The van der Waals surface area contributed by atoms with E-state index in [1.165, 1.54) is 31.4 Å². The summed E-state index contributed by atoms with van der Waals surface area (Å²) < 4.78 is 168. The fourth-order valence-corrected chi connectivity index (χ4v) is 20.0. The molecule has 0 saturated carbocycles. The largest absolute Gasteiger partial charge is 0.493 e. The van der Waals surface area contributed by atoms with Gasteiger partial charge in [-0.3, -0.25) is 39.1 Å². The third-order valence-corrected chi connectivity index (χ3v) is 27.2. The molecule has 30 heteroatoms. The number of piperidine rings is 4. The number of hydrogen-bond acceptors (Lipinski definition) is 22. The van der Waals surface area contributed by atoms with E-state index in [1.807, 2.05) is 140 Å². The number of likely N-dealkylation sites (tertiary alicyclic amines) is 4. The van der Waals surface area contributed by atoms with Gasteiger partial charge in [0.25, 0.3) is 23.6 Å². The van der Waals surface area contributed by atoms with Crippen LogP contribution in [0.1, 0.15) is 264 Å². The van der Waals surface area contributed by atoms with Gasteiger partial charge in [-0.15, -0.1) is 0 Å². The zero-order valence-corrected chi connectivity index (χ0v) is 77.4. The van der Waals surface area contributed by atoms with Crippen LogP contribution in [-0.4, -0.2) is 227 Å². The number of benzene rings is 3. The second kappa shape index (κ2) is 45.2. The van der Waals surface area contributed by atoms with E-state index in [2.05, 4.69) is 31.0 Å². The zero-order valence-electron chi connectivity index (χ0n) is 81.6. The normalized spacial score (nSPS) is 23.5. The molecule has 0 N–H and O–H groups in total. The number of halogens is 3. The molecule has 0 aliphatic carbocycles. The Morgan fingerprint density at radius 1 is 0.481 bits per heavy atom. The SMILES string of the molecule is CCOC1CC(c2ccccn2)OC2(CCN(C(=O)c3ccc(S(=O)(=O)C(F)F)cc3)CC2)C1.CCOC1CC(c2ccccn2)OC2(CCN(C(=O)c3cccc(F)c3OC)CC2)C1.CCOC1CC(c2cccnc2)OC2(CCN(C(=O)c3cnc(OC(C)C)c(C)c3)CC2)C1.[2H]C([2H])([2H])C([2H])([2H])OC1CC(c2cccnc2)OC2(CCN(C(=O)c3ccc(OC(C)C)c(C)c3)CC2)C1. The lowest BCUT2D eigenvalue weighted by atomic mass is 9.80. The first-order valence-corrected chi connectivity index (χ1v) is 47.4. The number of rotatable bonds is 23. The van der Waals surface area contributed by atoms with E-state index in [0.29, 0.717) is 141 Å². The number of nitrogens with zero attached hydrogens (tertiary/aromatic N) is 9. The molecule has 8 unspecified atom stereocenters. The summed E-state index contributed by atoms with van der Waals surface area (Å²) in [4.78, 5) is 80.9. The zero-order chi connectivity index (χ0) is 97.3. The molecule has 0 radical (unpaired) electrons. The predicted octanol–water partition coefficient (Wildman–Crippen LogP) is 17.8. The number of carbonyl (C=O) groups is 4. The summed E-state index contributed by atoms with van der Waals surface area (Å²) in [5.41, 5.74) is 5.44. The summed E-state index contributed by atoms with van der Waals surface area (Å²) >= 11 is 0. The lowest BCUT2D eigenvalue weighted by Gasteiger charge is -2.48. The number of carbonyl (C=O) groups excluding carboxylic acids is 4. The van der Waals surface area contributed by atoms with E-state index < -0.39 is 63.1 Å². The standard InChI is InChI=1S/C27H36N2O4.C26H35N3O4.C24H28F2N2O5S.C24H29FN2O4/c1-5-31-23-16-25(22-7-6-12-28-18-22)33-27(17-23)10-13-29(14-11-27)26(30)21-8-9-24(20(4)15-21)32-19(2)3;1-5-31-22-14-23(20-7-6-10-27-16-20)33-26(15-22)8-11-29(12-9-26)25(30)21-13-19(4)24(28-17-21)32-18(2)3;1-2-32-18-15-21(20-5-3-4-12-27-20)33-24(16-18)10-13-28(14-11-24)22(29)17-6-8-19(9-7-17)34(30,31)23(25)26;1-3-30-17-15-21(20-9-4-5-12-26-20)31-24(16-17)10-13-27(14-11-24)23(28)18-7-6-8-19(25)22(18)29-2/h6-9,12,15,18-19,23,25H,5,10-11,13-14,16-17H2,1-4H3;6-7,10,13,16-18,22-23H,5,8-9,11-12,14-15H2,1-4H3;3-9,12,18,21,23H,2,10-11,13-16H2,1H3;4-9,12,17,21H,3,10-11,13-16H2,1-2H3/i1D3,5D2;;;. The summed E-state index contributed by atoms with van der Waals surface area (Å²) in [6.07, 6.45) is 21.8. The van der Waals surface area contributed by atoms with Gasteiger partial charge in [-0.25, -0.2) is 17.8 Å². The first-order chi connectivity index (χ1) is 65.0. The third-order valence-electron chi connectivity index (χ3n) is 25.8. The van der Waals surface area contributed by atoms with Crippen molar-refractivity contribution in [2.75, 3.05) is 85.8 Å². The van der Waals surface area contributed by atoms with E-state index in [0.717, 1.165) is 103 Å². The second-order valence-electron chi connectivity index (χ2n) is 35.6. The summed E-state index contributed by atoms with van der Waals surface area (Å²) in [5, 5.41) is 0. The van der Waals surface area contributed by atoms with E-state index in [9.17, 15) is 40.8 Å². The highest BCUT2D eigenvalue weighted by atomic mass is 32.2. The molecule has 8 saturated heterocycles. The smallest absolute Gasteiger partial charge is 0.341 e. The van der Waals surface area contributed by atoms with Crippen molar-refractivity contribution in [1.82, 2.24) is 44.5 Å². The van der Waals surface area contributed by atoms with Crippen molar-refractivity contribution < 1.29 is 99.7 Å². The molecule has 26 nitrogen and oxygen atoms in total. The van der Waals surface area contributed by atoms with Crippen LogP contribution in [0.15, 0.2) is 176 Å². The van der Waals surface area contributed by atoms with Crippen molar-refractivity contribution in [3.05, 3.63) is 232 Å². The minimum atomic E-state index is -4.69. The Balaban J connectivity index is 0.000000154. The molecule has 5 aromatic heterocycles. The van der Waals surface area contributed by atoms with Crippen molar-refractivity contribution >= 4 is 33.5 Å².